The molecule has 35 heavy (non-hydrogen) atoms. The lowest BCUT2D eigenvalue weighted by Crippen LogP contribution is -2.32. The second-order valence-electron chi connectivity index (χ2n) is 7.53. The summed E-state index contributed by atoms with van der Waals surface area (Å²) in [6, 6.07) is 4.15. The summed E-state index contributed by atoms with van der Waals surface area (Å²) in [6.07, 6.45) is -1.07. The highest BCUT2D eigenvalue weighted by molar-refractivity contribution is 8.02. The Hall–Kier alpha value is -2.22. The van der Waals surface area contributed by atoms with Crippen LogP contribution in [0.1, 0.15) is 38.7 Å². The average molecular weight is 538 g/mol. The summed E-state index contributed by atoms with van der Waals surface area (Å²) in [5.41, 5.74) is -1.12. The van der Waals surface area contributed by atoms with Crippen molar-refractivity contribution in [3.05, 3.63) is 39.9 Å². The van der Waals surface area contributed by atoms with Crippen molar-refractivity contribution in [2.75, 3.05) is 38.1 Å². The van der Waals surface area contributed by atoms with Crippen molar-refractivity contribution >= 4 is 34.7 Å². The molecule has 4 rings (SSSR count). The summed E-state index contributed by atoms with van der Waals surface area (Å²) >= 11 is 2.00. The van der Waals surface area contributed by atoms with Crippen molar-refractivity contribution in [3.8, 4) is 10.8 Å². The van der Waals surface area contributed by atoms with Crippen LogP contribution in [0, 0.1) is 10.1 Å². The number of nitrogens with one attached hydrogen (secondary N) is 1. The quantitative estimate of drug-likeness (QED) is 0.238. The molecular weight excluding hydrogens is 507 g/mol. The predicted molar refractivity (Wildman–Crippen MR) is 131 cm³/mol. The molecule has 3 heterocycles. The van der Waals surface area contributed by atoms with E-state index >= 15 is 0 Å². The number of phenols is 1. The van der Waals surface area contributed by atoms with Gasteiger partial charge in [-0.15, -0.1) is 0 Å². The standard InChI is InChI=1S/C15H13F3N2O5S2.C5H11N.C2H6/c16-15(17,18)10-2-1-8(5-12(10)21)19-27-13-6-11(20(22)23)14(26-13)25-7-9-3-4-24-9;1-6-4-2-3-5-6;1-2/h1-2,5-6,9,19,21H,3-4,7H2;2-5H2,1H3;1-2H3. The molecule has 1 aromatic carbocycles. The Labute approximate surface area is 210 Å². The molecule has 1 atom stereocenters. The van der Waals surface area contributed by atoms with Crippen LogP contribution < -0.4 is 9.46 Å². The fourth-order valence-corrected chi connectivity index (χ4v) is 4.78. The second kappa shape index (κ2) is 13.8. The number of phenolic OH excluding ortho intramolecular Hbond substituents is 1. The van der Waals surface area contributed by atoms with Gasteiger partial charge in [-0.25, -0.2) is 0 Å². The monoisotopic (exact) mass is 537 g/mol. The van der Waals surface area contributed by atoms with E-state index in [1.807, 2.05) is 13.8 Å². The molecule has 2 aliphatic rings. The summed E-state index contributed by atoms with van der Waals surface area (Å²) in [5.74, 6) is -0.908. The van der Waals surface area contributed by atoms with Crippen LogP contribution in [-0.2, 0) is 10.9 Å². The third kappa shape index (κ3) is 9.06. The van der Waals surface area contributed by atoms with Gasteiger partial charge in [0.25, 0.3) is 5.06 Å². The van der Waals surface area contributed by atoms with Gasteiger partial charge in [0.2, 0.25) is 0 Å². The minimum atomic E-state index is -4.65. The number of nitrogens with zero attached hydrogens (tertiary/aromatic N) is 2. The van der Waals surface area contributed by atoms with Crippen molar-refractivity contribution in [3.63, 3.8) is 0 Å². The number of halogens is 3. The van der Waals surface area contributed by atoms with Crippen LogP contribution in [-0.4, -0.2) is 54.4 Å². The summed E-state index contributed by atoms with van der Waals surface area (Å²) in [4.78, 5) is 12.9. The van der Waals surface area contributed by atoms with Crippen molar-refractivity contribution in [1.29, 1.82) is 0 Å². The molecule has 1 aromatic heterocycles. The van der Waals surface area contributed by atoms with E-state index in [4.69, 9.17) is 9.47 Å². The molecule has 196 valence electrons. The van der Waals surface area contributed by atoms with Crippen molar-refractivity contribution < 1.29 is 32.7 Å². The fourth-order valence-electron chi connectivity index (χ4n) is 3.03. The molecule has 0 spiro atoms. The molecule has 2 aliphatic heterocycles. The van der Waals surface area contributed by atoms with Crippen LogP contribution >= 0.6 is 23.3 Å². The molecule has 2 fully saturated rings. The van der Waals surface area contributed by atoms with Crippen molar-refractivity contribution in [2.24, 2.45) is 0 Å². The SMILES string of the molecule is CC.CN1CCCC1.O=[N+]([O-])c1cc(SNc2ccc(C(F)(F)F)c(O)c2)sc1OCC1CCO1. The highest BCUT2D eigenvalue weighted by Gasteiger charge is 2.33. The number of hydrogen-bond donors (Lipinski definition) is 2. The summed E-state index contributed by atoms with van der Waals surface area (Å²) in [6.45, 7) is 7.50. The first-order chi connectivity index (χ1) is 16.6. The van der Waals surface area contributed by atoms with Crippen LogP contribution in [0.3, 0.4) is 0 Å². The van der Waals surface area contributed by atoms with Gasteiger partial charge in [-0.05, 0) is 57.1 Å². The highest BCUT2D eigenvalue weighted by Crippen LogP contribution is 2.43. The van der Waals surface area contributed by atoms with E-state index in [-0.39, 0.29) is 29.1 Å². The van der Waals surface area contributed by atoms with Crippen LogP contribution in [0.4, 0.5) is 24.5 Å². The second-order valence-corrected chi connectivity index (χ2v) is 9.65. The van der Waals surface area contributed by atoms with Gasteiger partial charge >= 0.3 is 11.9 Å². The number of likely N-dealkylation sites (tertiary alicyclic amines) is 1. The Morgan fingerprint density at radius 1 is 1.31 bits per heavy atom. The number of aromatic hydroxyl groups is 1. The van der Waals surface area contributed by atoms with E-state index in [1.54, 1.807) is 0 Å². The number of benzene rings is 1. The van der Waals surface area contributed by atoms with E-state index in [9.17, 15) is 28.4 Å². The molecule has 0 radical (unpaired) electrons. The number of ether oxygens (including phenoxy) is 2. The molecule has 2 N–H and O–H groups in total. The lowest BCUT2D eigenvalue weighted by atomic mass is 10.2. The maximum atomic E-state index is 12.6. The molecule has 8 nitrogen and oxygen atoms in total. The van der Waals surface area contributed by atoms with Gasteiger partial charge in [0.15, 0.2) is 0 Å². The minimum absolute atomic E-state index is 0.0731. The van der Waals surface area contributed by atoms with E-state index in [2.05, 4.69) is 16.7 Å². The summed E-state index contributed by atoms with van der Waals surface area (Å²) < 4.78 is 51.8. The Bertz CT molecular complexity index is 949. The van der Waals surface area contributed by atoms with Crippen LogP contribution in [0.2, 0.25) is 0 Å². The normalized spacial score (nSPS) is 17.4. The zero-order valence-electron chi connectivity index (χ0n) is 19.8. The Balaban J connectivity index is 0.000000463. The van der Waals surface area contributed by atoms with E-state index in [1.165, 1.54) is 32.0 Å². The number of nitro groups is 1. The van der Waals surface area contributed by atoms with E-state index < -0.39 is 22.4 Å². The molecule has 0 amide bonds. The van der Waals surface area contributed by atoms with Gasteiger partial charge in [0, 0.05) is 30.8 Å². The van der Waals surface area contributed by atoms with Crippen LogP contribution in [0.5, 0.6) is 10.8 Å². The maximum absolute atomic E-state index is 12.6. The lowest BCUT2D eigenvalue weighted by molar-refractivity contribution is -0.385. The zero-order chi connectivity index (χ0) is 26.0. The summed E-state index contributed by atoms with van der Waals surface area (Å²) in [5, 5.41) is 20.8. The maximum Gasteiger partial charge on any atom is 0.419 e. The van der Waals surface area contributed by atoms with Gasteiger partial charge in [-0.3, -0.25) is 10.1 Å². The van der Waals surface area contributed by atoms with Gasteiger partial charge in [0.05, 0.1) is 20.8 Å². The topological polar surface area (TPSA) is 97.1 Å². The average Bonchev–Trinajstić information content (AvgIpc) is 3.41. The number of alkyl halides is 3. The van der Waals surface area contributed by atoms with E-state index in [0.29, 0.717) is 10.8 Å². The molecule has 0 aliphatic carbocycles. The van der Waals surface area contributed by atoms with Crippen molar-refractivity contribution in [2.45, 2.75) is 49.6 Å². The smallest absolute Gasteiger partial charge is 0.419 e. The molecule has 0 saturated carbocycles. The van der Waals surface area contributed by atoms with Gasteiger partial charge < -0.3 is 24.2 Å². The third-order valence-corrected chi connectivity index (χ3v) is 6.94. The van der Waals surface area contributed by atoms with Gasteiger partial charge in [-0.2, -0.15) is 13.2 Å². The van der Waals surface area contributed by atoms with Crippen molar-refractivity contribution in [1.82, 2.24) is 4.90 Å². The summed E-state index contributed by atoms with van der Waals surface area (Å²) in [7, 11) is 2.17. The lowest BCUT2D eigenvalue weighted by Gasteiger charge is -2.25. The zero-order valence-corrected chi connectivity index (χ0v) is 21.4. The predicted octanol–water partition coefficient (Wildman–Crippen LogP) is 6.41. The first-order valence-electron chi connectivity index (χ1n) is 11.2. The number of rotatable bonds is 7. The Morgan fingerprint density at radius 2 is 1.97 bits per heavy atom. The molecule has 1 unspecified atom stereocenters. The number of anilines is 1. The minimum Gasteiger partial charge on any atom is -0.507 e. The molecule has 2 saturated heterocycles. The van der Waals surface area contributed by atoms with Crippen LogP contribution in [0.15, 0.2) is 28.5 Å². The molecule has 13 heteroatoms. The largest absolute Gasteiger partial charge is 0.507 e. The molecular formula is C22H30F3N3O5S2. The third-order valence-electron chi connectivity index (χ3n) is 4.95. The molecule has 2 aromatic rings. The number of thiophene rings is 1. The Kier molecular flexibility index (Phi) is 11.4. The first-order valence-corrected chi connectivity index (χ1v) is 12.8. The van der Waals surface area contributed by atoms with E-state index in [0.717, 1.165) is 47.9 Å². The van der Waals surface area contributed by atoms with Gasteiger partial charge in [-0.1, -0.05) is 25.2 Å². The highest BCUT2D eigenvalue weighted by atomic mass is 32.2. The first kappa shape index (κ1) is 29.0. The van der Waals surface area contributed by atoms with Crippen LogP contribution in [0.25, 0.3) is 0 Å². The number of hydrogen-bond acceptors (Lipinski definition) is 9. The van der Waals surface area contributed by atoms with Gasteiger partial charge in [0.1, 0.15) is 12.4 Å². The fraction of sp³-hybridized carbons (Fsp3) is 0.545. The Morgan fingerprint density at radius 3 is 2.43 bits per heavy atom. The molecule has 0 bridgehead atoms.